The predicted molar refractivity (Wildman–Crippen MR) is 127 cm³/mol. The molecule has 0 spiro atoms. The Morgan fingerprint density at radius 3 is 2.47 bits per heavy atom. The van der Waals surface area contributed by atoms with Crippen LogP contribution in [-0.4, -0.2) is 23.9 Å². The molecule has 0 aliphatic rings. The summed E-state index contributed by atoms with van der Waals surface area (Å²) in [6.45, 7) is 0. The molecule has 0 fully saturated rings. The van der Waals surface area contributed by atoms with E-state index in [4.69, 9.17) is 27.9 Å². The highest BCUT2D eigenvalue weighted by Gasteiger charge is 2.14. The van der Waals surface area contributed by atoms with Gasteiger partial charge in [-0.15, -0.1) is 0 Å². The molecule has 1 heterocycles. The van der Waals surface area contributed by atoms with E-state index < -0.39 is 0 Å². The van der Waals surface area contributed by atoms with Crippen LogP contribution in [0.5, 0.6) is 5.75 Å². The molecule has 0 aliphatic heterocycles. The van der Waals surface area contributed by atoms with E-state index in [1.807, 2.05) is 0 Å². The van der Waals surface area contributed by atoms with Gasteiger partial charge in [0.05, 0.1) is 23.9 Å². The zero-order valence-electron chi connectivity index (χ0n) is 16.9. The molecule has 4 aromatic rings. The van der Waals surface area contributed by atoms with Crippen molar-refractivity contribution in [3.63, 3.8) is 0 Å². The molecule has 0 aliphatic carbocycles. The van der Waals surface area contributed by atoms with Crippen LogP contribution in [0.2, 0.25) is 10.0 Å². The van der Waals surface area contributed by atoms with Crippen molar-refractivity contribution in [3.8, 4) is 5.75 Å². The van der Waals surface area contributed by atoms with E-state index in [9.17, 15) is 9.59 Å². The summed E-state index contributed by atoms with van der Waals surface area (Å²) in [5.74, 6) is -0.263. The Bertz CT molecular complexity index is 1340. The Hall–Kier alpha value is -3.61. The second-order valence-electron chi connectivity index (χ2n) is 6.85. The van der Waals surface area contributed by atoms with Gasteiger partial charge in [-0.2, -0.15) is 0 Å². The van der Waals surface area contributed by atoms with Gasteiger partial charge >= 0.3 is 0 Å². The summed E-state index contributed by atoms with van der Waals surface area (Å²) in [5, 5.41) is 7.26. The molecule has 32 heavy (non-hydrogen) atoms. The molecule has 0 saturated carbocycles. The number of nitrogens with one attached hydrogen (secondary N) is 2. The van der Waals surface area contributed by atoms with E-state index >= 15 is 0 Å². The summed E-state index contributed by atoms with van der Waals surface area (Å²) in [4.78, 5) is 29.7. The minimum Gasteiger partial charge on any atom is -0.494 e. The second-order valence-corrected chi connectivity index (χ2v) is 7.73. The molecule has 8 heteroatoms. The van der Waals surface area contributed by atoms with Crippen LogP contribution >= 0.6 is 23.2 Å². The minimum absolute atomic E-state index is 0.322. The molecule has 4 rings (SSSR count). The number of ether oxygens (including phenoxy) is 1. The van der Waals surface area contributed by atoms with Gasteiger partial charge in [0.2, 0.25) is 0 Å². The van der Waals surface area contributed by atoms with Gasteiger partial charge in [0.15, 0.2) is 0 Å². The molecule has 0 radical (unpaired) electrons. The lowest BCUT2D eigenvalue weighted by Gasteiger charge is -2.13. The molecular formula is C24H17Cl2N3O3. The van der Waals surface area contributed by atoms with Crippen molar-refractivity contribution in [2.45, 2.75) is 0 Å². The number of anilines is 2. The number of amides is 2. The lowest BCUT2D eigenvalue weighted by atomic mass is 10.1. The van der Waals surface area contributed by atoms with Gasteiger partial charge < -0.3 is 15.4 Å². The minimum atomic E-state index is -0.331. The first-order valence-electron chi connectivity index (χ1n) is 9.55. The molecule has 0 bridgehead atoms. The number of carbonyl (C=O) groups excluding carboxylic acids is 2. The van der Waals surface area contributed by atoms with E-state index in [1.54, 1.807) is 72.9 Å². The first-order chi connectivity index (χ1) is 15.4. The summed E-state index contributed by atoms with van der Waals surface area (Å²) in [7, 11) is 1.48. The van der Waals surface area contributed by atoms with E-state index in [0.717, 1.165) is 0 Å². The van der Waals surface area contributed by atoms with Gasteiger partial charge in [0.25, 0.3) is 11.8 Å². The number of nitrogens with zero attached hydrogens (tertiary/aromatic N) is 1. The monoisotopic (exact) mass is 465 g/mol. The lowest BCUT2D eigenvalue weighted by molar-refractivity contribution is 0.101. The van der Waals surface area contributed by atoms with Crippen LogP contribution in [0, 0.1) is 0 Å². The summed E-state index contributed by atoms with van der Waals surface area (Å²) < 4.78 is 5.40. The van der Waals surface area contributed by atoms with Crippen LogP contribution in [0.3, 0.4) is 0 Å². The fourth-order valence-corrected chi connectivity index (χ4v) is 3.57. The maximum atomic E-state index is 12.9. The zero-order valence-corrected chi connectivity index (χ0v) is 18.4. The predicted octanol–water partition coefficient (Wildman–Crippen LogP) is 6.05. The van der Waals surface area contributed by atoms with Gasteiger partial charge in [-0.1, -0.05) is 29.3 Å². The van der Waals surface area contributed by atoms with Gasteiger partial charge in [-0.25, -0.2) is 0 Å². The highest BCUT2D eigenvalue weighted by molar-refractivity contribution is 6.31. The van der Waals surface area contributed by atoms with E-state index in [-0.39, 0.29) is 11.8 Å². The first-order valence-corrected chi connectivity index (χ1v) is 10.3. The smallest absolute Gasteiger partial charge is 0.256 e. The Kier molecular flexibility index (Phi) is 6.25. The number of aromatic nitrogens is 1. The van der Waals surface area contributed by atoms with Crippen LogP contribution in [-0.2, 0) is 0 Å². The van der Waals surface area contributed by atoms with Crippen LogP contribution in [0.4, 0.5) is 11.4 Å². The number of fused-ring (bicyclic) bond motifs is 1. The third kappa shape index (κ3) is 4.66. The molecule has 0 saturated heterocycles. The van der Waals surface area contributed by atoms with Crippen molar-refractivity contribution in [1.82, 2.24) is 4.98 Å². The molecule has 6 nitrogen and oxygen atoms in total. The van der Waals surface area contributed by atoms with Gasteiger partial charge in [0.1, 0.15) is 5.75 Å². The quantitative estimate of drug-likeness (QED) is 0.375. The number of hydrogen-bond donors (Lipinski definition) is 2. The van der Waals surface area contributed by atoms with Crippen molar-refractivity contribution in [1.29, 1.82) is 0 Å². The summed E-state index contributed by atoms with van der Waals surface area (Å²) in [6.07, 6.45) is 1.57. The maximum Gasteiger partial charge on any atom is 0.256 e. The number of rotatable bonds is 5. The van der Waals surface area contributed by atoms with Crippen LogP contribution in [0.1, 0.15) is 20.7 Å². The Labute approximate surface area is 194 Å². The largest absolute Gasteiger partial charge is 0.494 e. The molecule has 0 atom stereocenters. The molecule has 0 unspecified atom stereocenters. The lowest BCUT2D eigenvalue weighted by Crippen LogP contribution is -2.14. The van der Waals surface area contributed by atoms with E-state index in [2.05, 4.69) is 15.6 Å². The summed E-state index contributed by atoms with van der Waals surface area (Å²) >= 11 is 12.0. The van der Waals surface area contributed by atoms with Crippen molar-refractivity contribution in [2.24, 2.45) is 0 Å². The topological polar surface area (TPSA) is 80.3 Å². The van der Waals surface area contributed by atoms with Gasteiger partial charge in [0, 0.05) is 38.9 Å². The third-order valence-electron chi connectivity index (χ3n) is 4.74. The molecule has 160 valence electrons. The molecule has 1 aromatic heterocycles. The zero-order chi connectivity index (χ0) is 22.7. The number of methoxy groups -OCH3 is 1. The van der Waals surface area contributed by atoms with Crippen molar-refractivity contribution < 1.29 is 14.3 Å². The van der Waals surface area contributed by atoms with E-state index in [0.29, 0.717) is 49.2 Å². The average molecular weight is 466 g/mol. The number of benzene rings is 3. The molecule has 2 N–H and O–H groups in total. The number of hydrogen-bond acceptors (Lipinski definition) is 4. The standard InChI is InChI=1S/C24H17Cl2N3O3/c1-32-22-13-17(6-8-21(22)29-23(30)14-3-2-4-15(25)11-14)28-24(31)18-9-10-27-20-7-5-16(26)12-19(18)20/h2-13H,1H3,(H,28,31)(H,29,30). The fraction of sp³-hybridized carbons (Fsp3) is 0.0417. The van der Waals surface area contributed by atoms with Gasteiger partial charge in [-0.05, 0) is 54.6 Å². The third-order valence-corrected chi connectivity index (χ3v) is 5.21. The summed E-state index contributed by atoms with van der Waals surface area (Å²) in [5.41, 5.74) is 2.48. The van der Waals surface area contributed by atoms with Crippen LogP contribution < -0.4 is 15.4 Å². The van der Waals surface area contributed by atoms with Crippen molar-refractivity contribution >= 4 is 57.3 Å². The highest BCUT2D eigenvalue weighted by Crippen LogP contribution is 2.29. The second kappa shape index (κ2) is 9.26. The molecular weight excluding hydrogens is 449 g/mol. The first kappa shape index (κ1) is 21.6. The van der Waals surface area contributed by atoms with E-state index in [1.165, 1.54) is 7.11 Å². The Morgan fingerprint density at radius 1 is 0.875 bits per heavy atom. The Morgan fingerprint density at radius 2 is 1.69 bits per heavy atom. The van der Waals surface area contributed by atoms with Crippen molar-refractivity contribution in [2.75, 3.05) is 17.7 Å². The van der Waals surface area contributed by atoms with Crippen LogP contribution in [0.25, 0.3) is 10.9 Å². The molecule has 2 amide bonds. The fourth-order valence-electron chi connectivity index (χ4n) is 3.21. The van der Waals surface area contributed by atoms with Crippen molar-refractivity contribution in [3.05, 3.63) is 94.1 Å². The molecule has 3 aromatic carbocycles. The highest BCUT2D eigenvalue weighted by atomic mass is 35.5. The summed E-state index contributed by atoms with van der Waals surface area (Å²) in [6, 6.07) is 18.4. The number of halogens is 2. The maximum absolute atomic E-state index is 12.9. The normalized spacial score (nSPS) is 10.6. The Balaban J connectivity index is 1.56. The SMILES string of the molecule is COc1cc(NC(=O)c2ccnc3ccc(Cl)cc23)ccc1NC(=O)c1cccc(Cl)c1. The van der Waals surface area contributed by atoms with Crippen LogP contribution in [0.15, 0.2) is 72.9 Å². The number of carbonyl (C=O) groups is 2. The number of pyridine rings is 1. The average Bonchev–Trinajstić information content (AvgIpc) is 2.79. The van der Waals surface area contributed by atoms with Gasteiger partial charge in [-0.3, -0.25) is 14.6 Å².